The highest BCUT2D eigenvalue weighted by Gasteiger charge is 2.09. The van der Waals surface area contributed by atoms with Crippen molar-refractivity contribution < 1.29 is 14.7 Å². The SMILES string of the molecule is CC(C)NC(=O)c1ccc2cc(C(=O)O)ccc2c1. The molecular weight excluding hydrogens is 242 g/mol. The fourth-order valence-corrected chi connectivity index (χ4v) is 1.87. The molecule has 4 heteroatoms. The Kier molecular flexibility index (Phi) is 3.51. The lowest BCUT2D eigenvalue weighted by Gasteiger charge is -2.09. The van der Waals surface area contributed by atoms with Crippen LogP contribution in [0.2, 0.25) is 0 Å². The summed E-state index contributed by atoms with van der Waals surface area (Å²) >= 11 is 0. The molecule has 0 saturated carbocycles. The van der Waals surface area contributed by atoms with Gasteiger partial charge >= 0.3 is 5.97 Å². The molecule has 2 rings (SSSR count). The van der Waals surface area contributed by atoms with Gasteiger partial charge in [-0.05, 0) is 48.9 Å². The Morgan fingerprint density at radius 1 is 1.00 bits per heavy atom. The van der Waals surface area contributed by atoms with Crippen molar-refractivity contribution in [2.24, 2.45) is 0 Å². The average Bonchev–Trinajstić information content (AvgIpc) is 2.36. The van der Waals surface area contributed by atoms with E-state index >= 15 is 0 Å². The Balaban J connectivity index is 2.39. The highest BCUT2D eigenvalue weighted by molar-refractivity contribution is 6.00. The molecule has 0 aromatic heterocycles. The van der Waals surface area contributed by atoms with Crippen molar-refractivity contribution >= 4 is 22.6 Å². The maximum atomic E-state index is 11.9. The van der Waals surface area contributed by atoms with E-state index in [1.165, 1.54) is 6.07 Å². The third kappa shape index (κ3) is 2.91. The molecule has 2 N–H and O–H groups in total. The molecule has 0 heterocycles. The molecule has 0 aliphatic carbocycles. The fourth-order valence-electron chi connectivity index (χ4n) is 1.87. The van der Waals surface area contributed by atoms with Gasteiger partial charge in [-0.2, -0.15) is 0 Å². The van der Waals surface area contributed by atoms with Crippen LogP contribution < -0.4 is 5.32 Å². The minimum Gasteiger partial charge on any atom is -0.478 e. The zero-order valence-electron chi connectivity index (χ0n) is 10.8. The average molecular weight is 257 g/mol. The van der Waals surface area contributed by atoms with Crippen molar-refractivity contribution in [3.63, 3.8) is 0 Å². The molecule has 1 amide bonds. The molecule has 19 heavy (non-hydrogen) atoms. The van der Waals surface area contributed by atoms with E-state index in [0.29, 0.717) is 5.56 Å². The second-order valence-electron chi connectivity index (χ2n) is 4.71. The summed E-state index contributed by atoms with van der Waals surface area (Å²) in [4.78, 5) is 22.7. The third-order valence-electron chi connectivity index (χ3n) is 2.77. The van der Waals surface area contributed by atoms with Crippen LogP contribution in [0, 0.1) is 0 Å². The van der Waals surface area contributed by atoms with Crippen molar-refractivity contribution in [3.05, 3.63) is 47.5 Å². The van der Waals surface area contributed by atoms with Gasteiger partial charge in [-0.3, -0.25) is 4.79 Å². The second kappa shape index (κ2) is 5.10. The van der Waals surface area contributed by atoms with Crippen molar-refractivity contribution in [1.82, 2.24) is 5.32 Å². The Labute approximate surface area is 111 Å². The highest BCUT2D eigenvalue weighted by Crippen LogP contribution is 2.18. The van der Waals surface area contributed by atoms with Crippen LogP contribution in [-0.2, 0) is 0 Å². The lowest BCUT2D eigenvalue weighted by Crippen LogP contribution is -2.29. The number of nitrogens with one attached hydrogen (secondary N) is 1. The number of hydrogen-bond acceptors (Lipinski definition) is 2. The molecule has 0 saturated heterocycles. The first kappa shape index (κ1) is 13.1. The monoisotopic (exact) mass is 257 g/mol. The second-order valence-corrected chi connectivity index (χ2v) is 4.71. The number of hydrogen-bond donors (Lipinski definition) is 2. The lowest BCUT2D eigenvalue weighted by atomic mass is 10.0. The molecule has 0 bridgehead atoms. The van der Waals surface area contributed by atoms with Gasteiger partial charge in [0, 0.05) is 11.6 Å². The van der Waals surface area contributed by atoms with Crippen LogP contribution in [0.25, 0.3) is 10.8 Å². The summed E-state index contributed by atoms with van der Waals surface area (Å²) in [7, 11) is 0. The fraction of sp³-hybridized carbons (Fsp3) is 0.200. The zero-order valence-corrected chi connectivity index (χ0v) is 10.8. The van der Waals surface area contributed by atoms with Crippen LogP contribution in [0.4, 0.5) is 0 Å². The van der Waals surface area contributed by atoms with Gasteiger partial charge in [0.05, 0.1) is 5.56 Å². The molecule has 0 spiro atoms. The summed E-state index contributed by atoms with van der Waals surface area (Å²) in [5.41, 5.74) is 0.816. The van der Waals surface area contributed by atoms with Crippen LogP contribution in [0.15, 0.2) is 36.4 Å². The smallest absolute Gasteiger partial charge is 0.335 e. The van der Waals surface area contributed by atoms with Crippen molar-refractivity contribution in [3.8, 4) is 0 Å². The summed E-state index contributed by atoms with van der Waals surface area (Å²) in [6.07, 6.45) is 0. The first-order chi connectivity index (χ1) is 8.97. The van der Waals surface area contributed by atoms with Crippen molar-refractivity contribution in [1.29, 1.82) is 0 Å². The summed E-state index contributed by atoms with van der Waals surface area (Å²) < 4.78 is 0. The van der Waals surface area contributed by atoms with Gasteiger partial charge in [0.2, 0.25) is 0 Å². The van der Waals surface area contributed by atoms with Crippen LogP contribution in [-0.4, -0.2) is 23.0 Å². The quantitative estimate of drug-likeness (QED) is 0.888. The number of carbonyl (C=O) groups excluding carboxylic acids is 1. The number of carbonyl (C=O) groups is 2. The van der Waals surface area contributed by atoms with Gasteiger partial charge in [0.15, 0.2) is 0 Å². The Morgan fingerprint density at radius 3 is 2.05 bits per heavy atom. The Morgan fingerprint density at radius 2 is 1.53 bits per heavy atom. The van der Waals surface area contributed by atoms with Crippen LogP contribution >= 0.6 is 0 Å². The van der Waals surface area contributed by atoms with E-state index in [1.54, 1.807) is 30.3 Å². The minimum atomic E-state index is -0.955. The van der Waals surface area contributed by atoms with E-state index in [1.807, 2.05) is 13.8 Å². The Bertz CT molecular complexity index is 647. The largest absolute Gasteiger partial charge is 0.478 e. The van der Waals surface area contributed by atoms with E-state index in [4.69, 9.17) is 5.11 Å². The molecule has 0 atom stereocenters. The predicted molar refractivity (Wildman–Crippen MR) is 73.5 cm³/mol. The van der Waals surface area contributed by atoms with Gasteiger partial charge in [-0.25, -0.2) is 4.79 Å². The maximum Gasteiger partial charge on any atom is 0.335 e. The van der Waals surface area contributed by atoms with Crippen LogP contribution in [0.3, 0.4) is 0 Å². The number of amides is 1. The third-order valence-corrected chi connectivity index (χ3v) is 2.77. The van der Waals surface area contributed by atoms with Gasteiger partial charge in [0.25, 0.3) is 5.91 Å². The normalized spacial score (nSPS) is 10.7. The summed E-state index contributed by atoms with van der Waals surface area (Å²) in [6, 6.07) is 10.2. The molecule has 0 aliphatic rings. The maximum absolute atomic E-state index is 11.9. The molecule has 4 nitrogen and oxygen atoms in total. The molecule has 2 aromatic carbocycles. The van der Waals surface area contributed by atoms with Gasteiger partial charge in [-0.15, -0.1) is 0 Å². The molecule has 2 aromatic rings. The molecule has 0 fully saturated rings. The number of benzene rings is 2. The molecular formula is C15H15NO3. The van der Waals surface area contributed by atoms with Gasteiger partial charge < -0.3 is 10.4 Å². The lowest BCUT2D eigenvalue weighted by molar-refractivity contribution is 0.0696. The number of fused-ring (bicyclic) bond motifs is 1. The first-order valence-corrected chi connectivity index (χ1v) is 6.05. The summed E-state index contributed by atoms with van der Waals surface area (Å²) in [6.45, 7) is 3.80. The van der Waals surface area contributed by atoms with Crippen LogP contribution in [0.5, 0.6) is 0 Å². The number of carboxylic acid groups (broad SMARTS) is 1. The van der Waals surface area contributed by atoms with E-state index < -0.39 is 5.97 Å². The minimum absolute atomic E-state index is 0.0811. The standard InChI is InChI=1S/C15H15NO3/c1-9(2)16-14(17)12-5-3-11-8-13(15(18)19)6-4-10(11)7-12/h3-9H,1-2H3,(H,16,17)(H,18,19). The van der Waals surface area contributed by atoms with E-state index in [9.17, 15) is 9.59 Å². The predicted octanol–water partition coefficient (Wildman–Crippen LogP) is 2.68. The van der Waals surface area contributed by atoms with E-state index in [0.717, 1.165) is 10.8 Å². The number of rotatable bonds is 3. The van der Waals surface area contributed by atoms with Gasteiger partial charge in [0.1, 0.15) is 0 Å². The van der Waals surface area contributed by atoms with Crippen molar-refractivity contribution in [2.45, 2.75) is 19.9 Å². The molecule has 0 radical (unpaired) electrons. The molecule has 98 valence electrons. The van der Waals surface area contributed by atoms with E-state index in [-0.39, 0.29) is 17.5 Å². The summed E-state index contributed by atoms with van der Waals surface area (Å²) in [5.74, 6) is -1.08. The molecule has 0 unspecified atom stereocenters. The first-order valence-electron chi connectivity index (χ1n) is 6.05. The topological polar surface area (TPSA) is 66.4 Å². The summed E-state index contributed by atoms with van der Waals surface area (Å²) in [5, 5.41) is 13.4. The van der Waals surface area contributed by atoms with E-state index in [2.05, 4.69) is 5.32 Å². The van der Waals surface area contributed by atoms with Gasteiger partial charge in [-0.1, -0.05) is 12.1 Å². The number of aromatic carboxylic acids is 1. The van der Waals surface area contributed by atoms with Crippen LogP contribution in [0.1, 0.15) is 34.6 Å². The molecule has 0 aliphatic heterocycles. The zero-order chi connectivity index (χ0) is 14.0. The highest BCUT2D eigenvalue weighted by atomic mass is 16.4. The van der Waals surface area contributed by atoms with Crippen molar-refractivity contribution in [2.75, 3.05) is 0 Å². The number of carboxylic acids is 1. The Hall–Kier alpha value is -2.36.